The van der Waals surface area contributed by atoms with E-state index in [1.807, 2.05) is 6.92 Å². The van der Waals surface area contributed by atoms with E-state index in [4.69, 9.17) is 11.6 Å². The number of hydrogen-bond donors (Lipinski definition) is 1. The van der Waals surface area contributed by atoms with Crippen LogP contribution in [0.2, 0.25) is 0 Å². The van der Waals surface area contributed by atoms with Gasteiger partial charge in [0, 0.05) is 29.0 Å². The van der Waals surface area contributed by atoms with Gasteiger partial charge in [-0.1, -0.05) is 0 Å². The monoisotopic (exact) mass is 218 g/mol. The fourth-order valence-corrected chi connectivity index (χ4v) is 1.65. The molecule has 74 valence electrons. The minimum absolute atomic E-state index is 0.0128. The number of alkyl halides is 1. The molecule has 0 atom stereocenters. The van der Waals surface area contributed by atoms with Crippen LogP contribution in [-0.4, -0.2) is 16.4 Å². The van der Waals surface area contributed by atoms with Crippen molar-refractivity contribution >= 4 is 22.9 Å². The first-order valence-electron chi connectivity index (χ1n) is 4.25. The molecular weight excluding hydrogens is 204 g/mol. The standard InChI is InChI=1S/C9H15ClN2S/c1-7-5-13-8(12-7)4-11-9(2,3)6-10/h5,11H,4,6H2,1-3H3. The van der Waals surface area contributed by atoms with Gasteiger partial charge in [-0.3, -0.25) is 0 Å². The number of rotatable bonds is 4. The van der Waals surface area contributed by atoms with Crippen LogP contribution in [0.15, 0.2) is 5.38 Å². The highest BCUT2D eigenvalue weighted by Gasteiger charge is 2.15. The smallest absolute Gasteiger partial charge is 0.107 e. The number of nitrogens with zero attached hydrogens (tertiary/aromatic N) is 1. The fraction of sp³-hybridized carbons (Fsp3) is 0.667. The zero-order chi connectivity index (χ0) is 9.90. The Kier molecular flexibility index (Phi) is 3.71. The van der Waals surface area contributed by atoms with Crippen LogP contribution in [0, 0.1) is 6.92 Å². The van der Waals surface area contributed by atoms with Crippen molar-refractivity contribution in [3.8, 4) is 0 Å². The van der Waals surface area contributed by atoms with Crippen molar-refractivity contribution < 1.29 is 0 Å². The highest BCUT2D eigenvalue weighted by molar-refractivity contribution is 7.09. The summed E-state index contributed by atoms with van der Waals surface area (Å²) in [6.45, 7) is 6.98. The van der Waals surface area contributed by atoms with E-state index in [-0.39, 0.29) is 5.54 Å². The van der Waals surface area contributed by atoms with Crippen LogP contribution in [0.1, 0.15) is 24.5 Å². The topological polar surface area (TPSA) is 24.9 Å². The molecule has 0 saturated heterocycles. The second-order valence-electron chi connectivity index (χ2n) is 3.75. The van der Waals surface area contributed by atoms with Gasteiger partial charge in [-0.15, -0.1) is 22.9 Å². The minimum Gasteiger partial charge on any atom is -0.304 e. The van der Waals surface area contributed by atoms with Crippen LogP contribution in [0.25, 0.3) is 0 Å². The van der Waals surface area contributed by atoms with Crippen molar-refractivity contribution in [3.63, 3.8) is 0 Å². The lowest BCUT2D eigenvalue weighted by Gasteiger charge is -2.22. The van der Waals surface area contributed by atoms with Gasteiger partial charge in [-0.2, -0.15) is 0 Å². The Bertz CT molecular complexity index is 270. The molecule has 0 spiro atoms. The predicted molar refractivity (Wildman–Crippen MR) is 58.5 cm³/mol. The normalized spacial score (nSPS) is 12.0. The summed E-state index contributed by atoms with van der Waals surface area (Å²) in [6.07, 6.45) is 0. The van der Waals surface area contributed by atoms with Gasteiger partial charge in [0.25, 0.3) is 0 Å². The first kappa shape index (κ1) is 11.0. The predicted octanol–water partition coefficient (Wildman–Crippen LogP) is 2.56. The molecule has 0 unspecified atom stereocenters. The summed E-state index contributed by atoms with van der Waals surface area (Å²) < 4.78 is 0. The summed E-state index contributed by atoms with van der Waals surface area (Å²) in [5.74, 6) is 0.608. The molecule has 0 fully saturated rings. The van der Waals surface area contributed by atoms with Crippen molar-refractivity contribution in [1.82, 2.24) is 10.3 Å². The average Bonchev–Trinajstić information content (AvgIpc) is 2.48. The van der Waals surface area contributed by atoms with E-state index in [1.165, 1.54) is 0 Å². The van der Waals surface area contributed by atoms with E-state index in [1.54, 1.807) is 11.3 Å². The highest BCUT2D eigenvalue weighted by Crippen LogP contribution is 2.11. The zero-order valence-electron chi connectivity index (χ0n) is 8.22. The molecule has 0 saturated carbocycles. The first-order valence-corrected chi connectivity index (χ1v) is 5.67. The maximum atomic E-state index is 5.79. The van der Waals surface area contributed by atoms with Crippen molar-refractivity contribution in [2.75, 3.05) is 5.88 Å². The fourth-order valence-electron chi connectivity index (χ4n) is 0.846. The summed E-state index contributed by atoms with van der Waals surface area (Å²) in [7, 11) is 0. The Labute approximate surface area is 88.3 Å². The largest absolute Gasteiger partial charge is 0.304 e. The van der Waals surface area contributed by atoms with Crippen LogP contribution in [0.3, 0.4) is 0 Å². The summed E-state index contributed by atoms with van der Waals surface area (Å²) in [5.41, 5.74) is 1.08. The van der Waals surface area contributed by atoms with Gasteiger partial charge in [-0.25, -0.2) is 4.98 Å². The molecule has 1 aromatic rings. The number of thiazole rings is 1. The molecule has 1 heterocycles. The third-order valence-corrected chi connectivity index (χ3v) is 3.35. The van der Waals surface area contributed by atoms with Gasteiger partial charge in [0.2, 0.25) is 0 Å². The second kappa shape index (κ2) is 4.40. The summed E-state index contributed by atoms with van der Waals surface area (Å²) in [6, 6.07) is 0. The van der Waals surface area contributed by atoms with E-state index < -0.39 is 0 Å². The van der Waals surface area contributed by atoms with Gasteiger partial charge in [0.05, 0.1) is 0 Å². The Morgan fingerprint density at radius 3 is 2.77 bits per heavy atom. The lowest BCUT2D eigenvalue weighted by atomic mass is 10.1. The van der Waals surface area contributed by atoms with Crippen molar-refractivity contribution in [1.29, 1.82) is 0 Å². The molecule has 0 amide bonds. The molecule has 0 bridgehead atoms. The van der Waals surface area contributed by atoms with E-state index >= 15 is 0 Å². The number of hydrogen-bond acceptors (Lipinski definition) is 3. The van der Waals surface area contributed by atoms with Crippen molar-refractivity contribution in [2.45, 2.75) is 32.9 Å². The molecule has 4 heteroatoms. The van der Waals surface area contributed by atoms with Crippen LogP contribution in [0.4, 0.5) is 0 Å². The molecule has 0 aromatic carbocycles. The summed E-state index contributed by atoms with van der Waals surface area (Å²) in [4.78, 5) is 4.36. The molecule has 13 heavy (non-hydrogen) atoms. The molecule has 2 nitrogen and oxygen atoms in total. The quantitative estimate of drug-likeness (QED) is 0.786. The number of halogens is 1. The number of aromatic nitrogens is 1. The van der Waals surface area contributed by atoms with Crippen LogP contribution in [-0.2, 0) is 6.54 Å². The highest BCUT2D eigenvalue weighted by atomic mass is 35.5. The zero-order valence-corrected chi connectivity index (χ0v) is 9.80. The number of aryl methyl sites for hydroxylation is 1. The van der Waals surface area contributed by atoms with E-state index in [0.29, 0.717) is 5.88 Å². The summed E-state index contributed by atoms with van der Waals surface area (Å²) in [5, 5.41) is 6.54. The SMILES string of the molecule is Cc1csc(CNC(C)(C)CCl)n1. The maximum Gasteiger partial charge on any atom is 0.107 e. The van der Waals surface area contributed by atoms with Gasteiger partial charge in [0.1, 0.15) is 5.01 Å². The molecule has 1 aromatic heterocycles. The van der Waals surface area contributed by atoms with Gasteiger partial charge in [-0.05, 0) is 20.8 Å². The molecule has 0 aliphatic heterocycles. The van der Waals surface area contributed by atoms with Gasteiger partial charge in [0.15, 0.2) is 0 Å². The average molecular weight is 219 g/mol. The molecule has 0 radical (unpaired) electrons. The number of nitrogens with one attached hydrogen (secondary N) is 1. The van der Waals surface area contributed by atoms with Crippen LogP contribution < -0.4 is 5.32 Å². The lowest BCUT2D eigenvalue weighted by molar-refractivity contribution is 0.429. The van der Waals surface area contributed by atoms with Gasteiger partial charge < -0.3 is 5.32 Å². The second-order valence-corrected chi connectivity index (χ2v) is 4.96. The Hall–Kier alpha value is -0.120. The summed E-state index contributed by atoms with van der Waals surface area (Å²) >= 11 is 7.47. The van der Waals surface area contributed by atoms with Gasteiger partial charge >= 0.3 is 0 Å². The van der Waals surface area contributed by atoms with E-state index in [9.17, 15) is 0 Å². The van der Waals surface area contributed by atoms with Crippen LogP contribution in [0.5, 0.6) is 0 Å². The first-order chi connectivity index (χ1) is 6.03. The molecule has 0 aliphatic carbocycles. The van der Waals surface area contributed by atoms with Crippen molar-refractivity contribution in [2.24, 2.45) is 0 Å². The Balaban J connectivity index is 2.43. The lowest BCUT2D eigenvalue weighted by Crippen LogP contribution is -2.40. The maximum absolute atomic E-state index is 5.79. The molecule has 1 N–H and O–H groups in total. The third-order valence-electron chi connectivity index (χ3n) is 1.72. The molecular formula is C9H15ClN2S. The Morgan fingerprint density at radius 2 is 2.31 bits per heavy atom. The van der Waals surface area contributed by atoms with E-state index in [2.05, 4.69) is 29.5 Å². The van der Waals surface area contributed by atoms with Crippen molar-refractivity contribution in [3.05, 3.63) is 16.1 Å². The third kappa shape index (κ3) is 3.63. The minimum atomic E-state index is -0.0128. The van der Waals surface area contributed by atoms with Crippen LogP contribution >= 0.6 is 22.9 Å². The molecule has 1 rings (SSSR count). The Morgan fingerprint density at radius 1 is 1.62 bits per heavy atom. The molecule has 0 aliphatic rings. The van der Waals surface area contributed by atoms with E-state index in [0.717, 1.165) is 17.2 Å².